The summed E-state index contributed by atoms with van der Waals surface area (Å²) < 4.78 is 11.3. The summed E-state index contributed by atoms with van der Waals surface area (Å²) in [4.78, 5) is 4.32. The van der Waals surface area contributed by atoms with Crippen LogP contribution in [0.5, 0.6) is 5.88 Å². The molecule has 1 N–H and O–H groups in total. The van der Waals surface area contributed by atoms with E-state index in [1.54, 1.807) is 7.11 Å². The zero-order valence-electron chi connectivity index (χ0n) is 10.1. The van der Waals surface area contributed by atoms with E-state index in [1.807, 2.05) is 30.3 Å². The predicted molar refractivity (Wildman–Crippen MR) is 72.6 cm³/mol. The van der Waals surface area contributed by atoms with Crippen LogP contribution >= 0.6 is 15.9 Å². The monoisotopic (exact) mass is 310 g/mol. The van der Waals surface area contributed by atoms with E-state index < -0.39 is 0 Å². The summed E-state index contributed by atoms with van der Waals surface area (Å²) in [5.41, 5.74) is 0.968. The Kier molecular flexibility index (Phi) is 4.78. The second kappa shape index (κ2) is 6.56. The molecule has 0 unspecified atom stereocenters. The molecular weight excluding hydrogens is 296 g/mol. The summed E-state index contributed by atoms with van der Waals surface area (Å²) in [5, 5.41) is 3.32. The first kappa shape index (κ1) is 13.1. The Labute approximate surface area is 114 Å². The van der Waals surface area contributed by atoms with Crippen molar-refractivity contribution < 1.29 is 9.15 Å². The zero-order chi connectivity index (χ0) is 12.8. The van der Waals surface area contributed by atoms with Crippen molar-refractivity contribution in [2.75, 3.05) is 13.7 Å². The number of rotatable bonds is 6. The van der Waals surface area contributed by atoms with Crippen LogP contribution in [0.4, 0.5) is 0 Å². The highest BCUT2D eigenvalue weighted by Gasteiger charge is 2.00. The molecule has 2 aromatic heterocycles. The van der Waals surface area contributed by atoms with Crippen LogP contribution < -0.4 is 10.1 Å². The average molecular weight is 311 g/mol. The molecule has 0 aromatic carbocycles. The molecule has 0 amide bonds. The summed E-state index contributed by atoms with van der Waals surface area (Å²) in [7, 11) is 1.62. The van der Waals surface area contributed by atoms with Crippen molar-refractivity contribution in [1.82, 2.24) is 10.3 Å². The van der Waals surface area contributed by atoms with Gasteiger partial charge in [-0.3, -0.25) is 0 Å². The van der Waals surface area contributed by atoms with Gasteiger partial charge in [-0.1, -0.05) is 6.07 Å². The lowest BCUT2D eigenvalue weighted by molar-refractivity contribution is 0.395. The van der Waals surface area contributed by atoms with E-state index >= 15 is 0 Å². The molecule has 0 saturated heterocycles. The van der Waals surface area contributed by atoms with E-state index in [1.165, 1.54) is 0 Å². The van der Waals surface area contributed by atoms with Crippen LogP contribution in [0.15, 0.2) is 39.4 Å². The number of hydrogen-bond donors (Lipinski definition) is 1. The van der Waals surface area contributed by atoms with Gasteiger partial charge in [0.2, 0.25) is 5.88 Å². The van der Waals surface area contributed by atoms with E-state index in [-0.39, 0.29) is 0 Å². The molecule has 0 aliphatic carbocycles. The lowest BCUT2D eigenvalue weighted by Crippen LogP contribution is -2.17. The lowest BCUT2D eigenvalue weighted by Gasteiger charge is -2.04. The quantitative estimate of drug-likeness (QED) is 0.833. The third-order valence-electron chi connectivity index (χ3n) is 2.47. The second-order valence-electron chi connectivity index (χ2n) is 3.80. The first-order valence-corrected chi connectivity index (χ1v) is 6.52. The van der Waals surface area contributed by atoms with E-state index in [0.717, 1.165) is 35.6 Å². The molecule has 0 saturated carbocycles. The third kappa shape index (κ3) is 3.85. The molecule has 5 heteroatoms. The van der Waals surface area contributed by atoms with Gasteiger partial charge in [0, 0.05) is 25.6 Å². The van der Waals surface area contributed by atoms with Gasteiger partial charge in [-0.05, 0) is 34.1 Å². The maximum atomic E-state index is 5.41. The molecule has 0 fully saturated rings. The van der Waals surface area contributed by atoms with E-state index in [0.29, 0.717) is 5.88 Å². The SMILES string of the molecule is COc1cccc(CNCCc2ccc(Br)o2)n1. The van der Waals surface area contributed by atoms with Gasteiger partial charge in [0.25, 0.3) is 0 Å². The molecule has 0 aliphatic rings. The number of furan rings is 1. The first-order valence-electron chi connectivity index (χ1n) is 5.73. The molecule has 2 rings (SSSR count). The Morgan fingerprint density at radius 2 is 2.22 bits per heavy atom. The van der Waals surface area contributed by atoms with Crippen molar-refractivity contribution in [2.24, 2.45) is 0 Å². The van der Waals surface area contributed by atoms with Crippen LogP contribution in [0, 0.1) is 0 Å². The summed E-state index contributed by atoms with van der Waals surface area (Å²) in [6.07, 6.45) is 0.857. The number of nitrogens with zero attached hydrogens (tertiary/aromatic N) is 1. The Morgan fingerprint density at radius 1 is 1.33 bits per heavy atom. The van der Waals surface area contributed by atoms with Crippen molar-refractivity contribution >= 4 is 15.9 Å². The molecular formula is C13H15BrN2O2. The number of ether oxygens (including phenoxy) is 1. The third-order valence-corrected chi connectivity index (χ3v) is 2.90. The number of hydrogen-bond acceptors (Lipinski definition) is 4. The maximum Gasteiger partial charge on any atom is 0.213 e. The van der Waals surface area contributed by atoms with Crippen LogP contribution in [0.3, 0.4) is 0 Å². The molecule has 0 spiro atoms. The summed E-state index contributed by atoms with van der Waals surface area (Å²) >= 11 is 3.28. The van der Waals surface area contributed by atoms with Crippen molar-refractivity contribution in [3.63, 3.8) is 0 Å². The Bertz CT molecular complexity index is 499. The van der Waals surface area contributed by atoms with Crippen molar-refractivity contribution in [2.45, 2.75) is 13.0 Å². The molecule has 4 nitrogen and oxygen atoms in total. The Hall–Kier alpha value is -1.33. The van der Waals surface area contributed by atoms with Gasteiger partial charge >= 0.3 is 0 Å². The van der Waals surface area contributed by atoms with Crippen LogP contribution in [-0.4, -0.2) is 18.6 Å². The highest BCUT2D eigenvalue weighted by Crippen LogP contribution is 2.14. The largest absolute Gasteiger partial charge is 0.481 e. The molecule has 2 aromatic rings. The van der Waals surface area contributed by atoms with Gasteiger partial charge < -0.3 is 14.5 Å². The minimum Gasteiger partial charge on any atom is -0.481 e. The zero-order valence-corrected chi connectivity index (χ0v) is 11.7. The van der Waals surface area contributed by atoms with Gasteiger partial charge in [-0.2, -0.15) is 0 Å². The fourth-order valence-electron chi connectivity index (χ4n) is 1.58. The Morgan fingerprint density at radius 3 is 2.94 bits per heavy atom. The maximum absolute atomic E-state index is 5.41. The molecule has 96 valence electrons. The van der Waals surface area contributed by atoms with Gasteiger partial charge in [0.1, 0.15) is 5.76 Å². The molecule has 0 bridgehead atoms. The highest BCUT2D eigenvalue weighted by molar-refractivity contribution is 9.10. The second-order valence-corrected chi connectivity index (χ2v) is 4.59. The summed E-state index contributed by atoms with van der Waals surface area (Å²) in [6, 6.07) is 9.61. The van der Waals surface area contributed by atoms with E-state index in [2.05, 4.69) is 26.2 Å². The number of methoxy groups -OCH3 is 1. The molecule has 0 atom stereocenters. The lowest BCUT2D eigenvalue weighted by atomic mass is 10.3. The number of nitrogens with one attached hydrogen (secondary N) is 1. The molecule has 18 heavy (non-hydrogen) atoms. The van der Waals surface area contributed by atoms with E-state index in [9.17, 15) is 0 Å². The highest BCUT2D eigenvalue weighted by atomic mass is 79.9. The number of aromatic nitrogens is 1. The smallest absolute Gasteiger partial charge is 0.213 e. The fourth-order valence-corrected chi connectivity index (χ4v) is 1.92. The predicted octanol–water partition coefficient (Wildman–Crippen LogP) is 2.78. The standard InChI is InChI=1S/C13H15BrN2O2/c1-17-13-4-2-3-10(16-13)9-15-8-7-11-5-6-12(14)18-11/h2-6,15H,7-9H2,1H3. The van der Waals surface area contributed by atoms with Gasteiger partial charge in [-0.15, -0.1) is 0 Å². The van der Waals surface area contributed by atoms with Gasteiger partial charge in [0.15, 0.2) is 4.67 Å². The van der Waals surface area contributed by atoms with Crippen molar-refractivity contribution in [3.05, 3.63) is 46.5 Å². The van der Waals surface area contributed by atoms with Crippen LogP contribution in [0.25, 0.3) is 0 Å². The van der Waals surface area contributed by atoms with E-state index in [4.69, 9.17) is 9.15 Å². The normalized spacial score (nSPS) is 10.6. The topological polar surface area (TPSA) is 47.3 Å². The molecule has 0 radical (unpaired) electrons. The molecule has 2 heterocycles. The number of pyridine rings is 1. The van der Waals surface area contributed by atoms with Crippen LogP contribution in [0.2, 0.25) is 0 Å². The number of halogens is 1. The van der Waals surface area contributed by atoms with Crippen molar-refractivity contribution in [1.29, 1.82) is 0 Å². The fraction of sp³-hybridized carbons (Fsp3) is 0.308. The van der Waals surface area contributed by atoms with Crippen LogP contribution in [-0.2, 0) is 13.0 Å². The van der Waals surface area contributed by atoms with Crippen LogP contribution in [0.1, 0.15) is 11.5 Å². The minimum absolute atomic E-state index is 0.643. The first-order chi connectivity index (χ1) is 8.78. The molecule has 0 aliphatic heterocycles. The van der Waals surface area contributed by atoms with Gasteiger partial charge in [0.05, 0.1) is 12.8 Å². The average Bonchev–Trinajstić information content (AvgIpc) is 2.81. The minimum atomic E-state index is 0.643. The summed E-state index contributed by atoms with van der Waals surface area (Å²) in [5.74, 6) is 1.61. The van der Waals surface area contributed by atoms with Crippen molar-refractivity contribution in [3.8, 4) is 5.88 Å². The Balaban J connectivity index is 1.74. The summed E-state index contributed by atoms with van der Waals surface area (Å²) in [6.45, 7) is 1.57. The van der Waals surface area contributed by atoms with Gasteiger partial charge in [-0.25, -0.2) is 4.98 Å².